The second kappa shape index (κ2) is 5.92. The molecule has 1 aliphatic carbocycles. The highest BCUT2D eigenvalue weighted by Gasteiger charge is 2.19. The van der Waals surface area contributed by atoms with Gasteiger partial charge in [0.25, 0.3) is 0 Å². The van der Waals surface area contributed by atoms with Gasteiger partial charge >= 0.3 is 0 Å². The van der Waals surface area contributed by atoms with Gasteiger partial charge in [-0.05, 0) is 38.0 Å². The molecule has 0 atom stereocenters. The number of halogens is 2. The maximum Gasteiger partial charge on any atom is 0.190 e. The second-order valence-electron chi connectivity index (χ2n) is 5.18. The Labute approximate surface area is 132 Å². The van der Waals surface area contributed by atoms with Crippen molar-refractivity contribution in [2.45, 2.75) is 38.6 Å². The standard InChI is InChI=1S/C15H16Cl2N2S/c1-10-9-20-15(19(10)12-4-2-3-5-12)18-14-7-6-11(16)8-13(14)17/h6-9,12H,2-5H2,1H3. The van der Waals surface area contributed by atoms with Gasteiger partial charge in [-0.1, -0.05) is 36.0 Å². The lowest BCUT2D eigenvalue weighted by Crippen LogP contribution is -2.20. The van der Waals surface area contributed by atoms with E-state index in [0.717, 1.165) is 10.5 Å². The Morgan fingerprint density at radius 2 is 2.00 bits per heavy atom. The summed E-state index contributed by atoms with van der Waals surface area (Å²) in [6, 6.07) is 6.03. The number of thiazole rings is 1. The number of hydrogen-bond donors (Lipinski definition) is 0. The van der Waals surface area contributed by atoms with E-state index in [2.05, 4.69) is 16.9 Å². The van der Waals surface area contributed by atoms with Crippen LogP contribution in [0.4, 0.5) is 5.69 Å². The molecule has 0 aliphatic heterocycles. The molecule has 5 heteroatoms. The molecule has 0 amide bonds. The monoisotopic (exact) mass is 326 g/mol. The summed E-state index contributed by atoms with van der Waals surface area (Å²) in [6.07, 6.45) is 5.13. The van der Waals surface area contributed by atoms with E-state index in [1.807, 2.05) is 12.1 Å². The fourth-order valence-electron chi connectivity index (χ4n) is 2.76. The molecule has 0 radical (unpaired) electrons. The zero-order valence-electron chi connectivity index (χ0n) is 11.3. The van der Waals surface area contributed by atoms with E-state index in [0.29, 0.717) is 16.1 Å². The van der Waals surface area contributed by atoms with Crippen LogP contribution >= 0.6 is 34.5 Å². The lowest BCUT2D eigenvalue weighted by Gasteiger charge is -2.13. The molecule has 0 saturated heterocycles. The van der Waals surface area contributed by atoms with E-state index in [1.165, 1.54) is 31.4 Å². The zero-order chi connectivity index (χ0) is 14.1. The van der Waals surface area contributed by atoms with Gasteiger partial charge in [-0.3, -0.25) is 0 Å². The molecule has 1 aliphatic rings. The van der Waals surface area contributed by atoms with E-state index in [9.17, 15) is 0 Å². The van der Waals surface area contributed by atoms with Gasteiger partial charge in [0.05, 0.1) is 10.7 Å². The Balaban J connectivity index is 2.07. The molecule has 0 spiro atoms. The number of aryl methyl sites for hydroxylation is 1. The number of aromatic nitrogens is 1. The van der Waals surface area contributed by atoms with Crippen LogP contribution in [0.25, 0.3) is 0 Å². The largest absolute Gasteiger partial charge is 0.318 e. The molecule has 3 rings (SSSR count). The van der Waals surface area contributed by atoms with E-state index < -0.39 is 0 Å². The molecular weight excluding hydrogens is 311 g/mol. The molecule has 1 heterocycles. The van der Waals surface area contributed by atoms with Crippen molar-refractivity contribution in [1.82, 2.24) is 4.57 Å². The van der Waals surface area contributed by atoms with Gasteiger partial charge in [0.2, 0.25) is 0 Å². The minimum absolute atomic E-state index is 0.589. The van der Waals surface area contributed by atoms with Gasteiger partial charge in [-0.2, -0.15) is 0 Å². The van der Waals surface area contributed by atoms with Crippen molar-refractivity contribution in [2.75, 3.05) is 0 Å². The lowest BCUT2D eigenvalue weighted by atomic mass is 10.2. The smallest absolute Gasteiger partial charge is 0.190 e. The van der Waals surface area contributed by atoms with Gasteiger partial charge in [0.1, 0.15) is 0 Å². The van der Waals surface area contributed by atoms with Gasteiger partial charge in [-0.15, -0.1) is 11.3 Å². The van der Waals surface area contributed by atoms with E-state index in [-0.39, 0.29) is 0 Å². The number of nitrogens with zero attached hydrogens (tertiary/aromatic N) is 2. The summed E-state index contributed by atoms with van der Waals surface area (Å²) >= 11 is 13.8. The number of hydrogen-bond acceptors (Lipinski definition) is 2. The van der Waals surface area contributed by atoms with Gasteiger partial charge < -0.3 is 4.57 Å². The first kappa shape index (κ1) is 14.2. The highest BCUT2D eigenvalue weighted by atomic mass is 35.5. The van der Waals surface area contributed by atoms with Crippen LogP contribution in [-0.4, -0.2) is 4.57 Å². The molecule has 0 bridgehead atoms. The summed E-state index contributed by atoms with van der Waals surface area (Å²) in [5.74, 6) is 0. The van der Waals surface area contributed by atoms with Crippen LogP contribution in [0.3, 0.4) is 0 Å². The Morgan fingerprint density at radius 1 is 1.25 bits per heavy atom. The van der Waals surface area contributed by atoms with Crippen molar-refractivity contribution < 1.29 is 0 Å². The van der Waals surface area contributed by atoms with Crippen molar-refractivity contribution in [3.63, 3.8) is 0 Å². The maximum absolute atomic E-state index is 6.22. The van der Waals surface area contributed by atoms with Gasteiger partial charge in [0, 0.05) is 22.1 Å². The Hall–Kier alpha value is -0.770. The molecule has 20 heavy (non-hydrogen) atoms. The molecule has 106 valence electrons. The highest BCUT2D eigenvalue weighted by molar-refractivity contribution is 7.07. The van der Waals surface area contributed by atoms with Crippen molar-refractivity contribution in [3.05, 3.63) is 44.1 Å². The molecule has 1 aromatic carbocycles. The first-order chi connectivity index (χ1) is 9.65. The van der Waals surface area contributed by atoms with Crippen molar-refractivity contribution in [1.29, 1.82) is 0 Å². The van der Waals surface area contributed by atoms with Crippen molar-refractivity contribution >= 4 is 40.2 Å². The van der Waals surface area contributed by atoms with Gasteiger partial charge in [-0.25, -0.2) is 4.99 Å². The van der Waals surface area contributed by atoms with Gasteiger partial charge in [0.15, 0.2) is 4.80 Å². The summed E-state index contributed by atoms with van der Waals surface area (Å²) in [6.45, 7) is 2.15. The molecule has 1 aromatic heterocycles. The normalized spacial score (nSPS) is 17.1. The van der Waals surface area contributed by atoms with Crippen LogP contribution in [0.5, 0.6) is 0 Å². The SMILES string of the molecule is Cc1csc(=Nc2ccc(Cl)cc2Cl)n1C1CCCC1. The van der Waals surface area contributed by atoms with E-state index >= 15 is 0 Å². The first-order valence-electron chi connectivity index (χ1n) is 6.81. The molecule has 1 fully saturated rings. The summed E-state index contributed by atoms with van der Waals surface area (Å²) in [7, 11) is 0. The quantitative estimate of drug-likeness (QED) is 0.692. The average molecular weight is 327 g/mol. The third-order valence-corrected chi connectivity index (χ3v) is 5.23. The summed E-state index contributed by atoms with van der Waals surface area (Å²) in [5, 5.41) is 3.41. The summed E-state index contributed by atoms with van der Waals surface area (Å²) in [4.78, 5) is 5.76. The Bertz CT molecular complexity index is 681. The summed E-state index contributed by atoms with van der Waals surface area (Å²) in [5.41, 5.74) is 2.07. The molecule has 1 saturated carbocycles. The third-order valence-electron chi connectivity index (χ3n) is 3.74. The van der Waals surface area contributed by atoms with E-state index in [4.69, 9.17) is 28.2 Å². The number of benzene rings is 1. The lowest BCUT2D eigenvalue weighted by molar-refractivity contribution is 0.496. The minimum atomic E-state index is 0.589. The van der Waals surface area contributed by atoms with Crippen LogP contribution in [-0.2, 0) is 0 Å². The summed E-state index contributed by atoms with van der Waals surface area (Å²) < 4.78 is 2.36. The second-order valence-corrected chi connectivity index (χ2v) is 6.86. The molecule has 2 nitrogen and oxygen atoms in total. The predicted octanol–water partition coefficient (Wildman–Crippen LogP) is 5.51. The highest BCUT2D eigenvalue weighted by Crippen LogP contribution is 2.31. The first-order valence-corrected chi connectivity index (χ1v) is 8.45. The van der Waals surface area contributed by atoms with Crippen LogP contribution in [0, 0.1) is 6.92 Å². The van der Waals surface area contributed by atoms with Crippen molar-refractivity contribution in [2.24, 2.45) is 4.99 Å². The minimum Gasteiger partial charge on any atom is -0.318 e. The van der Waals surface area contributed by atoms with E-state index in [1.54, 1.807) is 17.4 Å². The Kier molecular flexibility index (Phi) is 4.20. The fraction of sp³-hybridized carbons (Fsp3) is 0.400. The van der Waals surface area contributed by atoms with Crippen LogP contribution in [0.15, 0.2) is 28.6 Å². The fourth-order valence-corrected chi connectivity index (χ4v) is 4.16. The molecule has 0 unspecified atom stereocenters. The zero-order valence-corrected chi connectivity index (χ0v) is 13.6. The van der Waals surface area contributed by atoms with Crippen molar-refractivity contribution in [3.8, 4) is 0 Å². The Morgan fingerprint density at radius 3 is 2.70 bits per heavy atom. The molecule has 0 N–H and O–H groups in total. The molecular formula is C15H16Cl2N2S. The number of rotatable bonds is 2. The van der Waals surface area contributed by atoms with Crippen LogP contribution < -0.4 is 4.80 Å². The third kappa shape index (κ3) is 2.80. The maximum atomic E-state index is 6.22. The topological polar surface area (TPSA) is 17.3 Å². The predicted molar refractivity (Wildman–Crippen MR) is 86.2 cm³/mol. The average Bonchev–Trinajstić information content (AvgIpc) is 3.02. The molecule has 2 aromatic rings. The van der Waals surface area contributed by atoms with Crippen LogP contribution in [0.2, 0.25) is 10.0 Å². The van der Waals surface area contributed by atoms with Crippen LogP contribution in [0.1, 0.15) is 37.4 Å².